The van der Waals surface area contributed by atoms with Crippen LogP contribution in [-0.4, -0.2) is 30.2 Å². The number of nitrogens with zero attached hydrogens (tertiary/aromatic N) is 5. The van der Waals surface area contributed by atoms with Gasteiger partial charge < -0.3 is 4.98 Å². The lowest BCUT2D eigenvalue weighted by Gasteiger charge is -2.08. The molecule has 0 unspecified atom stereocenters. The number of hydrogen-bond donors (Lipinski definition) is 1. The van der Waals surface area contributed by atoms with E-state index in [2.05, 4.69) is 47.3 Å². The van der Waals surface area contributed by atoms with Crippen molar-refractivity contribution in [3.8, 4) is 0 Å². The normalized spacial score (nSPS) is 12.7. The van der Waals surface area contributed by atoms with Gasteiger partial charge in [-0.15, -0.1) is 27.8 Å². The molecule has 4 heterocycles. The molecule has 0 spiro atoms. The van der Waals surface area contributed by atoms with Crippen LogP contribution in [0.3, 0.4) is 0 Å². The van der Waals surface area contributed by atoms with E-state index in [0.29, 0.717) is 29.2 Å². The molecule has 0 radical (unpaired) electrons. The van der Waals surface area contributed by atoms with Crippen LogP contribution in [0, 0.1) is 12.8 Å². The lowest BCUT2D eigenvalue weighted by molar-refractivity contribution is 0.561. The van der Waals surface area contributed by atoms with E-state index in [1.165, 1.54) is 21.5 Å². The zero-order chi connectivity index (χ0) is 20.4. The summed E-state index contributed by atoms with van der Waals surface area (Å²) in [5.41, 5.74) is 1.10. The monoisotopic (exact) mass is 446 g/mol. The highest BCUT2D eigenvalue weighted by Gasteiger charge is 2.17. The van der Waals surface area contributed by atoms with Crippen LogP contribution < -0.4 is 5.56 Å². The van der Waals surface area contributed by atoms with Crippen molar-refractivity contribution in [3.63, 3.8) is 0 Å². The Kier molecular flexibility index (Phi) is 6.12. The second-order valence-electron chi connectivity index (χ2n) is 7.03. The summed E-state index contributed by atoms with van der Waals surface area (Å²) < 4.78 is 1.77. The highest BCUT2D eigenvalue weighted by molar-refractivity contribution is 7.98. The van der Waals surface area contributed by atoms with Gasteiger partial charge in [0, 0.05) is 9.75 Å². The largest absolute Gasteiger partial charge is 0.309 e. The smallest absolute Gasteiger partial charge is 0.259 e. The summed E-state index contributed by atoms with van der Waals surface area (Å²) in [5.74, 6) is 1.70. The number of aryl methyl sites for hydroxylation is 1. The van der Waals surface area contributed by atoms with Crippen LogP contribution in [0.1, 0.15) is 41.4 Å². The lowest BCUT2D eigenvalue weighted by Crippen LogP contribution is -2.12. The van der Waals surface area contributed by atoms with Crippen LogP contribution in [0.4, 0.5) is 0 Å². The number of aromatic amines is 1. The molecular weight excluding hydrogens is 424 g/mol. The average Bonchev–Trinajstić information content (AvgIpc) is 3.42. The zero-order valence-corrected chi connectivity index (χ0v) is 19.0. The third-order valence-electron chi connectivity index (χ3n) is 4.88. The van der Waals surface area contributed by atoms with Gasteiger partial charge in [-0.2, -0.15) is 0 Å². The van der Waals surface area contributed by atoms with E-state index in [1.807, 2.05) is 11.4 Å². The predicted octanol–water partition coefficient (Wildman–Crippen LogP) is 4.27. The van der Waals surface area contributed by atoms with E-state index < -0.39 is 0 Å². The summed E-state index contributed by atoms with van der Waals surface area (Å²) in [6.07, 6.45) is 2.01. The summed E-state index contributed by atoms with van der Waals surface area (Å²) in [5, 5.41) is 15.5. The Labute approximate surface area is 180 Å². The SMILES string of the molecule is CC[C@H](C)Cc1c(C)sc2nc(CSc3nnnn3Cc3cccs3)[nH]c(=O)c12. The first-order valence-electron chi connectivity index (χ1n) is 9.47. The van der Waals surface area contributed by atoms with Gasteiger partial charge in [0.15, 0.2) is 0 Å². The van der Waals surface area contributed by atoms with Crippen LogP contribution in [0.15, 0.2) is 27.5 Å². The van der Waals surface area contributed by atoms with Gasteiger partial charge in [-0.05, 0) is 46.7 Å². The number of thioether (sulfide) groups is 1. The number of aromatic nitrogens is 6. The number of nitrogens with one attached hydrogen (secondary N) is 1. The minimum Gasteiger partial charge on any atom is -0.309 e. The molecule has 10 heteroatoms. The first kappa shape index (κ1) is 20.2. The van der Waals surface area contributed by atoms with Crippen molar-refractivity contribution in [1.82, 2.24) is 30.2 Å². The van der Waals surface area contributed by atoms with E-state index in [9.17, 15) is 4.79 Å². The Balaban J connectivity index is 1.54. The second kappa shape index (κ2) is 8.76. The number of tetrazole rings is 1. The maximum absolute atomic E-state index is 12.8. The summed E-state index contributed by atoms with van der Waals surface area (Å²) in [7, 11) is 0. The molecule has 0 aromatic carbocycles. The first-order chi connectivity index (χ1) is 14.0. The first-order valence-corrected chi connectivity index (χ1v) is 12.2. The van der Waals surface area contributed by atoms with Crippen molar-refractivity contribution < 1.29 is 0 Å². The molecule has 29 heavy (non-hydrogen) atoms. The van der Waals surface area contributed by atoms with E-state index in [4.69, 9.17) is 4.98 Å². The minimum atomic E-state index is -0.0496. The molecule has 4 rings (SSSR count). The van der Waals surface area contributed by atoms with Crippen molar-refractivity contribution in [3.05, 3.63) is 49.0 Å². The highest BCUT2D eigenvalue weighted by Crippen LogP contribution is 2.30. The molecule has 0 aliphatic heterocycles. The van der Waals surface area contributed by atoms with Crippen LogP contribution in [0.2, 0.25) is 0 Å². The van der Waals surface area contributed by atoms with Crippen molar-refractivity contribution in [2.45, 2.75) is 51.1 Å². The topological polar surface area (TPSA) is 89.3 Å². The highest BCUT2D eigenvalue weighted by atomic mass is 32.2. The lowest BCUT2D eigenvalue weighted by atomic mass is 9.98. The summed E-state index contributed by atoms with van der Waals surface area (Å²) >= 11 is 4.75. The minimum absolute atomic E-state index is 0.0496. The Morgan fingerprint density at radius 3 is 3.00 bits per heavy atom. The molecule has 0 aliphatic carbocycles. The fourth-order valence-electron chi connectivity index (χ4n) is 3.11. The quantitative estimate of drug-likeness (QED) is 0.407. The molecule has 0 aliphatic rings. The van der Waals surface area contributed by atoms with Crippen molar-refractivity contribution in [1.29, 1.82) is 0 Å². The van der Waals surface area contributed by atoms with Gasteiger partial charge >= 0.3 is 0 Å². The molecule has 4 aromatic rings. The number of rotatable bonds is 8. The number of H-pyrrole nitrogens is 1. The van der Waals surface area contributed by atoms with Crippen LogP contribution in [-0.2, 0) is 18.7 Å². The average molecular weight is 447 g/mol. The number of hydrogen-bond acceptors (Lipinski definition) is 8. The molecule has 1 N–H and O–H groups in total. The molecule has 1 atom stereocenters. The molecule has 7 nitrogen and oxygen atoms in total. The maximum atomic E-state index is 12.8. The third kappa shape index (κ3) is 4.44. The molecule has 0 saturated heterocycles. The van der Waals surface area contributed by atoms with Crippen LogP contribution in [0.5, 0.6) is 0 Å². The van der Waals surface area contributed by atoms with Gasteiger partial charge in [-0.3, -0.25) is 4.79 Å². The molecule has 0 bridgehead atoms. The molecular formula is C19H22N6OS3. The second-order valence-corrected chi connectivity index (χ2v) is 10.2. The summed E-state index contributed by atoms with van der Waals surface area (Å²) in [4.78, 5) is 23.7. The number of fused-ring (bicyclic) bond motifs is 1. The van der Waals surface area contributed by atoms with Crippen molar-refractivity contribution in [2.75, 3.05) is 0 Å². The molecule has 4 aromatic heterocycles. The standard InChI is InChI=1S/C19H22N6OS3/c1-4-11(2)8-14-12(3)29-18-16(14)17(26)20-15(21-18)10-28-19-22-23-24-25(19)9-13-6-5-7-27-13/h5-7,11H,4,8-10H2,1-3H3,(H,20,21,26)/t11-/m0/s1. The van der Waals surface area contributed by atoms with Gasteiger partial charge in [0.1, 0.15) is 10.7 Å². The Morgan fingerprint density at radius 2 is 2.24 bits per heavy atom. The number of thiophene rings is 2. The summed E-state index contributed by atoms with van der Waals surface area (Å²) in [6.45, 7) is 7.12. The van der Waals surface area contributed by atoms with Gasteiger partial charge in [0.25, 0.3) is 5.56 Å². The fraction of sp³-hybridized carbons (Fsp3) is 0.421. The summed E-state index contributed by atoms with van der Waals surface area (Å²) in [6, 6.07) is 4.07. The maximum Gasteiger partial charge on any atom is 0.259 e. The van der Waals surface area contributed by atoms with Crippen LogP contribution in [0.25, 0.3) is 10.2 Å². The molecule has 0 saturated carbocycles. The Bertz CT molecular complexity index is 1160. The molecule has 152 valence electrons. The van der Waals surface area contributed by atoms with Gasteiger partial charge in [0.2, 0.25) is 5.16 Å². The van der Waals surface area contributed by atoms with E-state index in [1.54, 1.807) is 27.4 Å². The fourth-order valence-corrected chi connectivity index (χ4v) is 5.61. The van der Waals surface area contributed by atoms with E-state index in [0.717, 1.165) is 28.6 Å². The molecule has 0 fully saturated rings. The van der Waals surface area contributed by atoms with Gasteiger partial charge in [-0.1, -0.05) is 38.1 Å². The van der Waals surface area contributed by atoms with Gasteiger partial charge in [0.05, 0.1) is 17.7 Å². The molecule has 0 amide bonds. The van der Waals surface area contributed by atoms with Gasteiger partial charge in [-0.25, -0.2) is 9.67 Å². The van der Waals surface area contributed by atoms with E-state index in [-0.39, 0.29) is 5.56 Å². The van der Waals surface area contributed by atoms with Crippen molar-refractivity contribution >= 4 is 44.7 Å². The van der Waals surface area contributed by atoms with E-state index >= 15 is 0 Å². The third-order valence-corrected chi connectivity index (χ3v) is 7.75. The van der Waals surface area contributed by atoms with Crippen molar-refractivity contribution in [2.24, 2.45) is 5.92 Å². The van der Waals surface area contributed by atoms with Crippen LogP contribution >= 0.6 is 34.4 Å². The zero-order valence-electron chi connectivity index (χ0n) is 16.5. The Morgan fingerprint density at radius 1 is 1.38 bits per heavy atom. The predicted molar refractivity (Wildman–Crippen MR) is 119 cm³/mol. The Hall–Kier alpha value is -2.04.